The van der Waals surface area contributed by atoms with Crippen LogP contribution in [0.3, 0.4) is 0 Å². The average Bonchev–Trinajstić information content (AvgIpc) is 3.07. The first-order valence-electron chi connectivity index (χ1n) is 7.09. The number of carbonyl (C=O) groups excluding carboxylic acids is 2. The van der Waals surface area contributed by atoms with Gasteiger partial charge < -0.3 is 9.80 Å². The van der Waals surface area contributed by atoms with Crippen molar-refractivity contribution in [2.24, 2.45) is 0 Å². The van der Waals surface area contributed by atoms with Crippen molar-refractivity contribution in [3.05, 3.63) is 22.4 Å². The molecule has 1 unspecified atom stereocenters. The smallest absolute Gasteiger partial charge is 0.245 e. The van der Waals surface area contributed by atoms with Gasteiger partial charge in [0.2, 0.25) is 11.8 Å². The molecular weight excluding hydrogens is 272 g/mol. The maximum atomic E-state index is 12.4. The highest BCUT2D eigenvalue weighted by Crippen LogP contribution is 2.22. The van der Waals surface area contributed by atoms with Gasteiger partial charge in [-0.3, -0.25) is 9.59 Å². The van der Waals surface area contributed by atoms with Crippen LogP contribution < -0.4 is 0 Å². The first-order valence-corrected chi connectivity index (χ1v) is 7.97. The second-order valence-electron chi connectivity index (χ2n) is 5.54. The fourth-order valence-electron chi connectivity index (χ4n) is 2.48. The van der Waals surface area contributed by atoms with Crippen molar-refractivity contribution >= 4 is 23.2 Å². The van der Waals surface area contributed by atoms with Crippen molar-refractivity contribution < 1.29 is 9.59 Å². The number of likely N-dealkylation sites (tertiary alicyclic amines) is 1. The summed E-state index contributed by atoms with van der Waals surface area (Å²) in [6.45, 7) is 4.68. The summed E-state index contributed by atoms with van der Waals surface area (Å²) in [4.78, 5) is 29.4. The zero-order valence-corrected chi connectivity index (χ0v) is 13.2. The topological polar surface area (TPSA) is 40.6 Å². The highest BCUT2D eigenvalue weighted by Gasteiger charge is 2.35. The van der Waals surface area contributed by atoms with Gasteiger partial charge in [0.05, 0.1) is 6.42 Å². The lowest BCUT2D eigenvalue weighted by atomic mass is 10.1. The van der Waals surface area contributed by atoms with Crippen LogP contribution in [0.25, 0.3) is 0 Å². The number of nitrogens with zero attached hydrogens (tertiary/aromatic N) is 2. The zero-order chi connectivity index (χ0) is 14.7. The highest BCUT2D eigenvalue weighted by atomic mass is 32.1. The molecule has 0 aliphatic carbocycles. The van der Waals surface area contributed by atoms with Crippen molar-refractivity contribution in [2.45, 2.75) is 45.2 Å². The van der Waals surface area contributed by atoms with Gasteiger partial charge in [-0.1, -0.05) is 6.07 Å². The van der Waals surface area contributed by atoms with E-state index in [0.717, 1.165) is 17.7 Å². The number of carbonyl (C=O) groups is 2. The van der Waals surface area contributed by atoms with E-state index in [0.29, 0.717) is 13.0 Å². The molecular formula is C15H22N2O2S. The Morgan fingerprint density at radius 2 is 2.25 bits per heavy atom. The monoisotopic (exact) mass is 294 g/mol. The van der Waals surface area contributed by atoms with Crippen LogP contribution in [-0.2, 0) is 16.0 Å². The Hall–Kier alpha value is -1.36. The largest absolute Gasteiger partial charge is 0.342 e. The van der Waals surface area contributed by atoms with Crippen molar-refractivity contribution in [1.82, 2.24) is 9.80 Å². The molecule has 4 nitrogen and oxygen atoms in total. The molecule has 5 heteroatoms. The van der Waals surface area contributed by atoms with Crippen LogP contribution in [0.1, 0.15) is 31.6 Å². The Morgan fingerprint density at radius 3 is 2.85 bits per heavy atom. The fraction of sp³-hybridized carbons (Fsp3) is 0.600. The SMILES string of the molecule is CC(C)N(C)C(=O)C1CCCN1C(=O)Cc1cccs1. The highest BCUT2D eigenvalue weighted by molar-refractivity contribution is 7.10. The first kappa shape index (κ1) is 15.0. The molecule has 20 heavy (non-hydrogen) atoms. The molecule has 0 radical (unpaired) electrons. The number of likely N-dealkylation sites (N-methyl/N-ethyl adjacent to an activating group) is 1. The molecule has 1 saturated heterocycles. The van der Waals surface area contributed by atoms with Crippen LogP contribution in [0.4, 0.5) is 0 Å². The predicted molar refractivity (Wildman–Crippen MR) is 80.7 cm³/mol. The summed E-state index contributed by atoms with van der Waals surface area (Å²) in [7, 11) is 1.81. The molecule has 0 N–H and O–H groups in total. The van der Waals surface area contributed by atoms with Gasteiger partial charge in [0.15, 0.2) is 0 Å². The molecule has 0 spiro atoms. The zero-order valence-electron chi connectivity index (χ0n) is 12.3. The molecule has 1 aromatic rings. The summed E-state index contributed by atoms with van der Waals surface area (Å²) in [6.07, 6.45) is 2.11. The standard InChI is InChI=1S/C15H22N2O2S/c1-11(2)16(3)15(19)13-7-4-8-17(13)14(18)10-12-6-5-9-20-12/h5-6,9,11,13H,4,7-8,10H2,1-3H3. The third kappa shape index (κ3) is 3.20. The lowest BCUT2D eigenvalue weighted by Crippen LogP contribution is -2.48. The van der Waals surface area contributed by atoms with Gasteiger partial charge in [-0.15, -0.1) is 11.3 Å². The molecule has 1 atom stereocenters. The van der Waals surface area contributed by atoms with Crippen LogP contribution in [0, 0.1) is 0 Å². The van der Waals surface area contributed by atoms with Crippen LogP contribution in [0.5, 0.6) is 0 Å². The fourth-order valence-corrected chi connectivity index (χ4v) is 3.17. The van der Waals surface area contributed by atoms with E-state index in [2.05, 4.69) is 0 Å². The van der Waals surface area contributed by atoms with Gasteiger partial charge in [0.1, 0.15) is 6.04 Å². The molecule has 1 aliphatic heterocycles. The molecule has 1 fully saturated rings. The molecule has 2 heterocycles. The summed E-state index contributed by atoms with van der Waals surface area (Å²) in [5.41, 5.74) is 0. The van der Waals surface area contributed by atoms with Gasteiger partial charge in [-0.25, -0.2) is 0 Å². The summed E-state index contributed by atoms with van der Waals surface area (Å²) < 4.78 is 0. The summed E-state index contributed by atoms with van der Waals surface area (Å²) in [6, 6.07) is 3.81. The molecule has 1 aromatic heterocycles. The van der Waals surface area contributed by atoms with Gasteiger partial charge in [0, 0.05) is 24.5 Å². The number of thiophene rings is 1. The van der Waals surface area contributed by atoms with Crippen LogP contribution in [0.2, 0.25) is 0 Å². The second kappa shape index (κ2) is 6.39. The lowest BCUT2D eigenvalue weighted by molar-refractivity contribution is -0.143. The molecule has 0 saturated carbocycles. The van der Waals surface area contributed by atoms with E-state index in [1.807, 2.05) is 38.4 Å². The Morgan fingerprint density at radius 1 is 1.50 bits per heavy atom. The van der Waals surface area contributed by atoms with Crippen LogP contribution >= 0.6 is 11.3 Å². The van der Waals surface area contributed by atoms with Gasteiger partial charge in [-0.05, 0) is 38.1 Å². The van der Waals surface area contributed by atoms with E-state index in [9.17, 15) is 9.59 Å². The van der Waals surface area contributed by atoms with Gasteiger partial charge in [-0.2, -0.15) is 0 Å². The van der Waals surface area contributed by atoms with Crippen LogP contribution in [0.15, 0.2) is 17.5 Å². The number of hydrogen-bond acceptors (Lipinski definition) is 3. The maximum Gasteiger partial charge on any atom is 0.245 e. The quantitative estimate of drug-likeness (QED) is 0.853. The van der Waals surface area contributed by atoms with E-state index < -0.39 is 0 Å². The Bertz CT molecular complexity index is 470. The van der Waals surface area contributed by atoms with E-state index >= 15 is 0 Å². The summed E-state index contributed by atoms with van der Waals surface area (Å²) in [5.74, 6) is 0.137. The summed E-state index contributed by atoms with van der Waals surface area (Å²) >= 11 is 1.59. The average molecular weight is 294 g/mol. The van der Waals surface area contributed by atoms with E-state index in [1.54, 1.807) is 21.1 Å². The maximum absolute atomic E-state index is 12.4. The lowest BCUT2D eigenvalue weighted by Gasteiger charge is -2.30. The third-order valence-electron chi connectivity index (χ3n) is 3.89. The normalized spacial score (nSPS) is 18.6. The minimum Gasteiger partial charge on any atom is -0.342 e. The van der Waals surface area contributed by atoms with E-state index in [4.69, 9.17) is 0 Å². The Labute approximate surface area is 124 Å². The number of amides is 2. The molecule has 2 rings (SSSR count). The Kier molecular flexibility index (Phi) is 4.81. The predicted octanol–water partition coefficient (Wildman–Crippen LogP) is 2.15. The number of rotatable bonds is 4. The third-order valence-corrected chi connectivity index (χ3v) is 4.76. The van der Waals surface area contributed by atoms with Gasteiger partial charge >= 0.3 is 0 Å². The molecule has 110 valence electrons. The van der Waals surface area contributed by atoms with Crippen molar-refractivity contribution in [3.8, 4) is 0 Å². The van der Waals surface area contributed by atoms with Crippen LogP contribution in [-0.4, -0.2) is 47.3 Å². The Balaban J connectivity index is 2.03. The van der Waals surface area contributed by atoms with Crippen molar-refractivity contribution in [3.63, 3.8) is 0 Å². The van der Waals surface area contributed by atoms with Gasteiger partial charge in [0.25, 0.3) is 0 Å². The first-order chi connectivity index (χ1) is 9.50. The minimum atomic E-state index is -0.269. The molecule has 2 amide bonds. The molecule has 1 aliphatic rings. The second-order valence-corrected chi connectivity index (χ2v) is 6.58. The minimum absolute atomic E-state index is 0.0667. The van der Waals surface area contributed by atoms with E-state index in [1.165, 1.54) is 0 Å². The van der Waals surface area contributed by atoms with Crippen molar-refractivity contribution in [1.29, 1.82) is 0 Å². The van der Waals surface area contributed by atoms with Crippen molar-refractivity contribution in [2.75, 3.05) is 13.6 Å². The molecule has 0 aromatic carbocycles. The summed E-state index contributed by atoms with van der Waals surface area (Å²) in [5, 5.41) is 1.97. The number of hydrogen-bond donors (Lipinski definition) is 0. The molecule has 0 bridgehead atoms. The van der Waals surface area contributed by atoms with E-state index in [-0.39, 0.29) is 23.9 Å².